The molecule has 0 saturated heterocycles. The fourth-order valence-electron chi connectivity index (χ4n) is 3.54. The molecule has 0 aliphatic carbocycles. The lowest BCUT2D eigenvalue weighted by molar-refractivity contribution is 0.404. The molecule has 0 saturated carbocycles. The Hall–Kier alpha value is -3.67. The Kier molecular flexibility index (Phi) is 4.31. The van der Waals surface area contributed by atoms with Crippen LogP contribution in [-0.2, 0) is 13.0 Å². The lowest BCUT2D eigenvalue weighted by atomic mass is 10.0. The third kappa shape index (κ3) is 2.99. The summed E-state index contributed by atoms with van der Waals surface area (Å²) in [5, 5.41) is 40.7. The van der Waals surface area contributed by atoms with Crippen molar-refractivity contribution < 1.29 is 20.4 Å². The van der Waals surface area contributed by atoms with Crippen LogP contribution in [0.2, 0.25) is 0 Å². The number of hydrogen-bond donors (Lipinski definition) is 4. The van der Waals surface area contributed by atoms with Crippen LogP contribution < -0.4 is 5.56 Å². The minimum atomic E-state index is -0.386. The number of nitrogens with zero attached hydrogens (tertiary/aromatic N) is 1. The summed E-state index contributed by atoms with van der Waals surface area (Å²) in [6.07, 6.45) is 1.47. The standard InChI is InChI=1S/C22H19NO5/c24-18-9-14-15-10-19(25)21(27)12-17(15)23(22(28)16(14)11-20(18)26)8-4-7-13-5-2-1-3-6-13/h1-3,5-6,9-12,24-27H,4,7-8H2. The quantitative estimate of drug-likeness (QED) is 0.321. The summed E-state index contributed by atoms with van der Waals surface area (Å²) < 4.78 is 1.52. The molecule has 6 nitrogen and oxygen atoms in total. The molecule has 4 N–H and O–H groups in total. The van der Waals surface area contributed by atoms with Crippen LogP contribution in [0.1, 0.15) is 12.0 Å². The Morgan fingerprint density at radius 1 is 0.714 bits per heavy atom. The van der Waals surface area contributed by atoms with E-state index in [1.807, 2.05) is 30.3 Å². The summed E-state index contributed by atoms with van der Waals surface area (Å²) in [5.41, 5.74) is 1.27. The van der Waals surface area contributed by atoms with Crippen LogP contribution in [0.5, 0.6) is 23.0 Å². The fraction of sp³-hybridized carbons (Fsp3) is 0.136. The maximum absolute atomic E-state index is 13.1. The van der Waals surface area contributed by atoms with E-state index in [1.54, 1.807) is 0 Å². The first kappa shape index (κ1) is 17.7. The molecule has 0 atom stereocenters. The molecule has 1 heterocycles. The van der Waals surface area contributed by atoms with E-state index in [0.717, 1.165) is 12.0 Å². The largest absolute Gasteiger partial charge is 0.504 e. The molecule has 0 aliphatic rings. The third-order valence-corrected chi connectivity index (χ3v) is 4.95. The van der Waals surface area contributed by atoms with Gasteiger partial charge in [0, 0.05) is 23.4 Å². The third-order valence-electron chi connectivity index (χ3n) is 4.95. The highest BCUT2D eigenvalue weighted by Crippen LogP contribution is 2.36. The maximum atomic E-state index is 13.1. The van der Waals surface area contributed by atoms with Crippen LogP contribution >= 0.6 is 0 Å². The molecule has 0 aliphatic heterocycles. The average Bonchev–Trinajstić information content (AvgIpc) is 2.68. The normalized spacial score (nSPS) is 11.3. The molecule has 3 aromatic carbocycles. The van der Waals surface area contributed by atoms with Crippen molar-refractivity contribution in [2.45, 2.75) is 19.4 Å². The zero-order chi connectivity index (χ0) is 19.8. The smallest absolute Gasteiger partial charge is 0.259 e. The van der Waals surface area contributed by atoms with Crippen LogP contribution in [0.25, 0.3) is 21.7 Å². The highest BCUT2D eigenvalue weighted by Gasteiger charge is 2.16. The number of phenolic OH excluding ortho intramolecular Hbond substituents is 4. The van der Waals surface area contributed by atoms with Gasteiger partial charge in [-0.15, -0.1) is 0 Å². The number of rotatable bonds is 4. The van der Waals surface area contributed by atoms with Crippen LogP contribution in [0, 0.1) is 0 Å². The molecule has 0 radical (unpaired) electrons. The molecule has 0 fully saturated rings. The Morgan fingerprint density at radius 3 is 1.96 bits per heavy atom. The summed E-state index contributed by atoms with van der Waals surface area (Å²) in [6.45, 7) is 0.395. The Balaban J connectivity index is 1.88. The predicted molar refractivity (Wildman–Crippen MR) is 107 cm³/mol. The maximum Gasteiger partial charge on any atom is 0.259 e. The number of aromatic nitrogens is 1. The molecule has 6 heteroatoms. The van der Waals surface area contributed by atoms with E-state index in [0.29, 0.717) is 29.3 Å². The van der Waals surface area contributed by atoms with Gasteiger partial charge < -0.3 is 25.0 Å². The number of benzene rings is 3. The van der Waals surface area contributed by atoms with Gasteiger partial charge in [-0.25, -0.2) is 0 Å². The molecule has 4 aromatic rings. The van der Waals surface area contributed by atoms with Gasteiger partial charge in [-0.3, -0.25) is 4.79 Å². The summed E-state index contributed by atoms with van der Waals surface area (Å²) in [5.74, 6) is -1.40. The lowest BCUT2D eigenvalue weighted by Crippen LogP contribution is -2.21. The van der Waals surface area contributed by atoms with Crippen molar-refractivity contribution in [3.05, 3.63) is 70.5 Å². The number of phenols is 4. The van der Waals surface area contributed by atoms with E-state index in [1.165, 1.54) is 28.8 Å². The molecule has 1 aromatic heterocycles. The number of aromatic hydroxyl groups is 4. The summed E-state index contributed by atoms with van der Waals surface area (Å²) in [4.78, 5) is 13.1. The van der Waals surface area contributed by atoms with E-state index in [-0.39, 0.29) is 33.9 Å². The monoisotopic (exact) mass is 377 g/mol. The van der Waals surface area contributed by atoms with E-state index < -0.39 is 0 Å². The second kappa shape index (κ2) is 6.81. The first-order valence-electron chi connectivity index (χ1n) is 8.94. The van der Waals surface area contributed by atoms with Gasteiger partial charge in [0.05, 0.1) is 10.9 Å². The number of hydrogen-bond acceptors (Lipinski definition) is 5. The molecular weight excluding hydrogens is 358 g/mol. The minimum absolute atomic E-state index is 0.229. The molecule has 28 heavy (non-hydrogen) atoms. The van der Waals surface area contributed by atoms with Crippen molar-refractivity contribution in [2.24, 2.45) is 0 Å². The zero-order valence-corrected chi connectivity index (χ0v) is 15.0. The summed E-state index contributed by atoms with van der Waals surface area (Å²) in [7, 11) is 0. The number of fused-ring (bicyclic) bond motifs is 3. The van der Waals surface area contributed by atoms with E-state index in [2.05, 4.69) is 0 Å². The van der Waals surface area contributed by atoms with E-state index >= 15 is 0 Å². The van der Waals surface area contributed by atoms with Crippen LogP contribution in [0.3, 0.4) is 0 Å². The van der Waals surface area contributed by atoms with Crippen LogP contribution in [-0.4, -0.2) is 25.0 Å². The van der Waals surface area contributed by atoms with E-state index in [4.69, 9.17) is 0 Å². The molecule has 0 spiro atoms. The molecule has 0 amide bonds. The predicted octanol–water partition coefficient (Wildman–Crippen LogP) is 3.61. The van der Waals surface area contributed by atoms with Gasteiger partial charge in [-0.1, -0.05) is 30.3 Å². The average molecular weight is 377 g/mol. The topological polar surface area (TPSA) is 103 Å². The first-order valence-corrected chi connectivity index (χ1v) is 8.94. The summed E-state index contributed by atoms with van der Waals surface area (Å²) in [6, 6.07) is 15.1. The highest BCUT2D eigenvalue weighted by atomic mass is 16.3. The molecule has 142 valence electrons. The molecular formula is C22H19NO5. The lowest BCUT2D eigenvalue weighted by Gasteiger charge is -2.15. The van der Waals surface area contributed by atoms with Crippen LogP contribution in [0.4, 0.5) is 0 Å². The molecule has 0 unspecified atom stereocenters. The van der Waals surface area contributed by atoms with Crippen molar-refractivity contribution in [1.29, 1.82) is 0 Å². The van der Waals surface area contributed by atoms with Gasteiger partial charge in [-0.05, 0) is 36.6 Å². The van der Waals surface area contributed by atoms with Gasteiger partial charge in [0.1, 0.15) is 0 Å². The van der Waals surface area contributed by atoms with Crippen molar-refractivity contribution in [2.75, 3.05) is 0 Å². The van der Waals surface area contributed by atoms with Gasteiger partial charge >= 0.3 is 0 Å². The fourth-order valence-corrected chi connectivity index (χ4v) is 3.54. The Morgan fingerprint density at radius 2 is 1.29 bits per heavy atom. The first-order chi connectivity index (χ1) is 13.5. The Labute approximate surface area is 160 Å². The van der Waals surface area contributed by atoms with Gasteiger partial charge in [0.15, 0.2) is 23.0 Å². The molecule has 4 rings (SSSR count). The number of aryl methyl sites for hydroxylation is 2. The van der Waals surface area contributed by atoms with Crippen molar-refractivity contribution in [1.82, 2.24) is 4.57 Å². The van der Waals surface area contributed by atoms with Crippen molar-refractivity contribution >= 4 is 21.7 Å². The minimum Gasteiger partial charge on any atom is -0.504 e. The van der Waals surface area contributed by atoms with E-state index in [9.17, 15) is 25.2 Å². The van der Waals surface area contributed by atoms with Crippen molar-refractivity contribution in [3.63, 3.8) is 0 Å². The highest BCUT2D eigenvalue weighted by molar-refractivity contribution is 6.07. The number of pyridine rings is 1. The van der Waals surface area contributed by atoms with Crippen LogP contribution in [0.15, 0.2) is 59.4 Å². The second-order valence-electron chi connectivity index (χ2n) is 6.79. The summed E-state index contributed by atoms with van der Waals surface area (Å²) >= 11 is 0. The SMILES string of the molecule is O=c1c2cc(O)c(O)cc2c2cc(O)c(O)cc2n1CCCc1ccccc1. The van der Waals surface area contributed by atoms with Gasteiger partial charge in [0.25, 0.3) is 5.56 Å². The molecule has 0 bridgehead atoms. The van der Waals surface area contributed by atoms with Crippen molar-refractivity contribution in [3.8, 4) is 23.0 Å². The Bertz CT molecular complexity index is 1250. The van der Waals surface area contributed by atoms with Gasteiger partial charge in [0.2, 0.25) is 0 Å². The van der Waals surface area contributed by atoms with Gasteiger partial charge in [-0.2, -0.15) is 0 Å². The second-order valence-corrected chi connectivity index (χ2v) is 6.79. The zero-order valence-electron chi connectivity index (χ0n) is 15.0.